The minimum Gasteiger partial charge on any atom is -0.392 e. The van der Waals surface area contributed by atoms with E-state index < -0.39 is 12.2 Å². The lowest BCUT2D eigenvalue weighted by Crippen LogP contribution is -2.31. The molecule has 1 aliphatic heterocycles. The van der Waals surface area contributed by atoms with E-state index in [4.69, 9.17) is 19.7 Å². The van der Waals surface area contributed by atoms with E-state index in [9.17, 15) is 14.7 Å². The monoisotopic (exact) mass is 635 g/mol. The van der Waals surface area contributed by atoms with Crippen LogP contribution in [0.1, 0.15) is 73.2 Å². The minimum absolute atomic E-state index is 0.00270. The average Bonchev–Trinajstić information content (AvgIpc) is 3.49. The molecule has 0 unspecified atom stereocenters. The molecular formula is C33H37N3O6S2. The molecule has 2 heterocycles. The number of rotatable bonds is 14. The van der Waals surface area contributed by atoms with Crippen molar-refractivity contribution in [2.45, 2.75) is 74.5 Å². The number of nitrogens with one attached hydrogen (secondary N) is 2. The normalized spacial score (nSPS) is 18.3. The summed E-state index contributed by atoms with van der Waals surface area (Å²) in [4.78, 5) is 28.1. The van der Waals surface area contributed by atoms with Gasteiger partial charge in [0.2, 0.25) is 11.8 Å². The average molecular weight is 636 g/mol. The molecule has 5 rings (SSSR count). The number of aliphatic hydroxyl groups is 1. The van der Waals surface area contributed by atoms with Gasteiger partial charge in [0.05, 0.1) is 29.0 Å². The number of hydrogen-bond acceptors (Lipinski definition) is 9. The van der Waals surface area contributed by atoms with Crippen molar-refractivity contribution in [1.82, 2.24) is 15.8 Å². The number of unbranched alkanes of at least 4 members (excludes halogenated alkanes) is 2. The zero-order valence-electron chi connectivity index (χ0n) is 24.3. The molecule has 3 aromatic carbocycles. The van der Waals surface area contributed by atoms with Crippen molar-refractivity contribution in [1.29, 1.82) is 0 Å². The Hall–Kier alpha value is -3.32. The van der Waals surface area contributed by atoms with Gasteiger partial charge in [0.25, 0.3) is 0 Å². The maximum Gasteiger partial charge on any atom is 0.243 e. The molecule has 1 aromatic heterocycles. The van der Waals surface area contributed by atoms with E-state index in [-0.39, 0.29) is 31.1 Å². The van der Waals surface area contributed by atoms with Crippen molar-refractivity contribution in [3.05, 3.63) is 95.1 Å². The van der Waals surface area contributed by atoms with Crippen LogP contribution < -0.4 is 10.8 Å². The molecule has 2 amide bonds. The fourth-order valence-electron chi connectivity index (χ4n) is 4.99. The molecule has 3 atom stereocenters. The van der Waals surface area contributed by atoms with E-state index in [0.717, 1.165) is 44.3 Å². The van der Waals surface area contributed by atoms with E-state index in [1.54, 1.807) is 28.6 Å². The SMILES string of the molecule is O=C(CCCCCC(=O)NCc1ccc([C@@H]2O[C@H](CSc3nc4ccccc4s3)C[C@H](c3ccc(CO)cc3)O2)cc1)NO. The van der Waals surface area contributed by atoms with Crippen LogP contribution in [0.25, 0.3) is 10.2 Å². The molecule has 1 fully saturated rings. The Balaban J connectivity index is 1.18. The van der Waals surface area contributed by atoms with Crippen molar-refractivity contribution in [3.8, 4) is 0 Å². The number of benzene rings is 3. The second kappa shape index (κ2) is 16.1. The molecule has 0 bridgehead atoms. The predicted octanol–water partition coefficient (Wildman–Crippen LogP) is 6.20. The van der Waals surface area contributed by atoms with Crippen LogP contribution >= 0.6 is 23.1 Å². The van der Waals surface area contributed by atoms with Gasteiger partial charge in [0.1, 0.15) is 0 Å². The quantitative estimate of drug-likeness (QED) is 0.0558. The maximum atomic E-state index is 12.3. The lowest BCUT2D eigenvalue weighted by molar-refractivity contribution is -0.245. The summed E-state index contributed by atoms with van der Waals surface area (Å²) in [5, 5.41) is 21.0. The molecule has 9 nitrogen and oxygen atoms in total. The first-order valence-corrected chi connectivity index (χ1v) is 16.6. The summed E-state index contributed by atoms with van der Waals surface area (Å²) in [6.07, 6.45) is 2.60. The fraction of sp³-hybridized carbons (Fsp3) is 0.364. The summed E-state index contributed by atoms with van der Waals surface area (Å²) in [5.74, 6) is 0.292. The largest absolute Gasteiger partial charge is 0.392 e. The van der Waals surface area contributed by atoms with E-state index >= 15 is 0 Å². The molecule has 0 radical (unpaired) electrons. The number of aromatic nitrogens is 1. The van der Waals surface area contributed by atoms with Gasteiger partial charge in [0, 0.05) is 37.1 Å². The molecule has 1 saturated heterocycles. The van der Waals surface area contributed by atoms with Gasteiger partial charge in [-0.05, 0) is 41.7 Å². The van der Waals surface area contributed by atoms with Crippen molar-refractivity contribution in [3.63, 3.8) is 0 Å². The van der Waals surface area contributed by atoms with Gasteiger partial charge in [-0.3, -0.25) is 14.8 Å². The van der Waals surface area contributed by atoms with Crippen molar-refractivity contribution < 1.29 is 29.4 Å². The van der Waals surface area contributed by atoms with Crippen LogP contribution in [-0.4, -0.2) is 39.0 Å². The number of hydrogen-bond donors (Lipinski definition) is 4. The van der Waals surface area contributed by atoms with Gasteiger partial charge in [-0.1, -0.05) is 78.8 Å². The van der Waals surface area contributed by atoms with Crippen molar-refractivity contribution >= 4 is 45.1 Å². The highest BCUT2D eigenvalue weighted by molar-refractivity contribution is 8.01. The molecule has 44 heavy (non-hydrogen) atoms. The Morgan fingerprint density at radius 3 is 2.32 bits per heavy atom. The number of carbonyl (C=O) groups excluding carboxylic acids is 2. The van der Waals surface area contributed by atoms with Crippen LogP contribution in [-0.2, 0) is 32.2 Å². The summed E-state index contributed by atoms with van der Waals surface area (Å²) in [5.41, 5.74) is 6.39. The number of aliphatic hydroxyl groups excluding tert-OH is 1. The predicted molar refractivity (Wildman–Crippen MR) is 170 cm³/mol. The van der Waals surface area contributed by atoms with Gasteiger partial charge in [-0.25, -0.2) is 10.5 Å². The molecule has 0 saturated carbocycles. The molecule has 232 valence electrons. The number of para-hydroxylation sites is 1. The summed E-state index contributed by atoms with van der Waals surface area (Å²) >= 11 is 3.39. The lowest BCUT2D eigenvalue weighted by Gasteiger charge is -2.36. The van der Waals surface area contributed by atoms with Crippen molar-refractivity contribution in [2.75, 3.05) is 5.75 Å². The number of hydroxylamine groups is 1. The molecule has 1 aliphatic rings. The van der Waals surface area contributed by atoms with Gasteiger partial charge in [0.15, 0.2) is 10.6 Å². The zero-order chi connectivity index (χ0) is 30.7. The van der Waals surface area contributed by atoms with E-state index in [0.29, 0.717) is 32.2 Å². The molecule has 4 N–H and O–H groups in total. The minimum atomic E-state index is -0.552. The third kappa shape index (κ3) is 9.10. The van der Waals surface area contributed by atoms with Crippen LogP contribution in [0.5, 0.6) is 0 Å². The third-order valence-corrected chi connectivity index (χ3v) is 9.77. The first-order chi connectivity index (χ1) is 21.5. The van der Waals surface area contributed by atoms with Crippen LogP contribution in [0.4, 0.5) is 0 Å². The Labute approximate surface area is 265 Å². The van der Waals surface area contributed by atoms with Gasteiger partial charge in [-0.15, -0.1) is 11.3 Å². The molecule has 0 spiro atoms. The first kappa shape index (κ1) is 32.1. The molecule has 0 aliphatic carbocycles. The van der Waals surface area contributed by atoms with Crippen LogP contribution in [0.2, 0.25) is 0 Å². The van der Waals surface area contributed by atoms with E-state index in [1.165, 1.54) is 4.70 Å². The molecular weight excluding hydrogens is 599 g/mol. The van der Waals surface area contributed by atoms with Crippen LogP contribution in [0.15, 0.2) is 77.1 Å². The number of ether oxygens (including phenoxy) is 2. The summed E-state index contributed by atoms with van der Waals surface area (Å²) in [6, 6.07) is 23.9. The summed E-state index contributed by atoms with van der Waals surface area (Å²) in [6.45, 7) is 0.414. The Morgan fingerprint density at radius 2 is 1.59 bits per heavy atom. The third-order valence-electron chi connectivity index (χ3n) is 7.46. The number of fused-ring (bicyclic) bond motifs is 1. The Bertz CT molecular complexity index is 1480. The first-order valence-electron chi connectivity index (χ1n) is 14.8. The van der Waals surface area contributed by atoms with Gasteiger partial charge < -0.3 is 19.9 Å². The number of nitrogens with zero attached hydrogens (tertiary/aromatic N) is 1. The van der Waals surface area contributed by atoms with Gasteiger partial charge >= 0.3 is 0 Å². The summed E-state index contributed by atoms with van der Waals surface area (Å²) < 4.78 is 15.1. The van der Waals surface area contributed by atoms with E-state index in [2.05, 4.69) is 11.4 Å². The van der Waals surface area contributed by atoms with Gasteiger partial charge in [-0.2, -0.15) is 0 Å². The maximum absolute atomic E-state index is 12.3. The number of thioether (sulfide) groups is 1. The fourth-order valence-corrected chi connectivity index (χ4v) is 7.10. The lowest BCUT2D eigenvalue weighted by atomic mass is 10.0. The van der Waals surface area contributed by atoms with Crippen LogP contribution in [0.3, 0.4) is 0 Å². The number of amides is 2. The smallest absolute Gasteiger partial charge is 0.243 e. The Morgan fingerprint density at radius 1 is 0.886 bits per heavy atom. The van der Waals surface area contributed by atoms with E-state index in [1.807, 2.05) is 66.7 Å². The summed E-state index contributed by atoms with van der Waals surface area (Å²) in [7, 11) is 0. The number of thiazole rings is 1. The highest BCUT2D eigenvalue weighted by Gasteiger charge is 2.32. The zero-order valence-corrected chi connectivity index (χ0v) is 25.9. The standard InChI is InChI=1S/C33H37N3O6S2/c37-20-23-12-14-24(15-13-23)28-18-26(21-43-33-35-27-6-4-5-7-29(27)44-33)41-32(42-28)25-16-10-22(11-17-25)19-34-30(38)8-2-1-3-9-31(39)36-40/h4-7,10-17,26,28,32,37,40H,1-3,8-9,18-21H2,(H,34,38)(H,36,39)/t26-,28+,32+/m0/s1. The second-order valence-corrected chi connectivity index (χ2v) is 13.0. The second-order valence-electron chi connectivity index (χ2n) is 10.7. The highest BCUT2D eigenvalue weighted by Crippen LogP contribution is 2.40. The topological polar surface area (TPSA) is 130 Å². The van der Waals surface area contributed by atoms with Crippen LogP contribution in [0, 0.1) is 0 Å². The highest BCUT2D eigenvalue weighted by atomic mass is 32.2. The molecule has 4 aromatic rings. The number of carbonyl (C=O) groups is 2. The Kier molecular flexibility index (Phi) is 11.8. The van der Waals surface area contributed by atoms with Crippen molar-refractivity contribution in [2.24, 2.45) is 0 Å². The molecule has 11 heteroatoms.